The number of benzene rings is 3. The Morgan fingerprint density at radius 2 is 1.59 bits per heavy atom. The molecule has 0 aliphatic carbocycles. The Balaban J connectivity index is 1.55. The molecular weight excluding hydrogens is 520 g/mol. The van der Waals surface area contributed by atoms with Gasteiger partial charge in [0.15, 0.2) is 0 Å². The lowest BCUT2D eigenvalue weighted by molar-refractivity contribution is -0.198. The van der Waals surface area contributed by atoms with Gasteiger partial charge in [0, 0.05) is 17.2 Å². The smallest absolute Gasteiger partial charge is 0.429 e. The molecule has 39 heavy (non-hydrogen) atoms. The number of halogens is 4. The van der Waals surface area contributed by atoms with Crippen molar-refractivity contribution < 1.29 is 36.9 Å². The first-order chi connectivity index (χ1) is 18.5. The zero-order valence-corrected chi connectivity index (χ0v) is 20.1. The number of ether oxygens (including phenoxy) is 2. The summed E-state index contributed by atoms with van der Waals surface area (Å²) in [4.78, 5) is 18.7. The SMILES string of the molecule is Nc1nc(O[C@@H](c2ccc(-c3cccc(F)c3)cc2)C(F)(F)F)cc(-c2ccc(OC[C@H](N)C(=O)O)cc2)n1. The molecule has 0 unspecified atom stereocenters. The highest BCUT2D eigenvalue weighted by atomic mass is 19.4. The number of carboxylic acid groups (broad SMARTS) is 1. The van der Waals surface area contributed by atoms with Gasteiger partial charge in [-0.3, -0.25) is 4.79 Å². The van der Waals surface area contributed by atoms with E-state index in [1.54, 1.807) is 18.2 Å². The molecule has 4 aromatic rings. The van der Waals surface area contributed by atoms with E-state index in [1.807, 2.05) is 0 Å². The van der Waals surface area contributed by atoms with Crippen LogP contribution in [-0.2, 0) is 4.79 Å². The fourth-order valence-electron chi connectivity index (χ4n) is 3.59. The van der Waals surface area contributed by atoms with Crippen LogP contribution in [0.5, 0.6) is 11.6 Å². The van der Waals surface area contributed by atoms with Crippen molar-refractivity contribution in [3.8, 4) is 34.0 Å². The van der Waals surface area contributed by atoms with Crippen molar-refractivity contribution in [1.82, 2.24) is 9.97 Å². The molecule has 5 N–H and O–H groups in total. The van der Waals surface area contributed by atoms with Crippen LogP contribution in [0.15, 0.2) is 78.9 Å². The van der Waals surface area contributed by atoms with E-state index in [4.69, 9.17) is 26.0 Å². The molecule has 0 spiro atoms. The van der Waals surface area contributed by atoms with Gasteiger partial charge in [-0.1, -0.05) is 36.4 Å². The summed E-state index contributed by atoms with van der Waals surface area (Å²) in [5.74, 6) is -2.06. The number of carbonyl (C=O) groups is 1. The van der Waals surface area contributed by atoms with Crippen molar-refractivity contribution in [3.63, 3.8) is 0 Å². The number of nitrogens with two attached hydrogens (primary N) is 2. The van der Waals surface area contributed by atoms with Gasteiger partial charge in [0.25, 0.3) is 0 Å². The maximum Gasteiger partial charge on any atom is 0.429 e. The topological polar surface area (TPSA) is 134 Å². The Kier molecular flexibility index (Phi) is 7.96. The van der Waals surface area contributed by atoms with Gasteiger partial charge in [-0.15, -0.1) is 0 Å². The van der Waals surface area contributed by atoms with Crippen molar-refractivity contribution in [3.05, 3.63) is 90.2 Å². The van der Waals surface area contributed by atoms with Crippen LogP contribution in [0, 0.1) is 5.82 Å². The van der Waals surface area contributed by atoms with Gasteiger partial charge in [-0.25, -0.2) is 9.37 Å². The minimum absolute atomic E-state index is 0.189. The van der Waals surface area contributed by atoms with Gasteiger partial charge in [0.1, 0.15) is 24.2 Å². The maximum absolute atomic E-state index is 14.0. The highest BCUT2D eigenvalue weighted by Gasteiger charge is 2.43. The third-order valence-electron chi connectivity index (χ3n) is 5.52. The van der Waals surface area contributed by atoms with Crippen molar-refractivity contribution in [2.45, 2.75) is 18.3 Å². The fourth-order valence-corrected chi connectivity index (χ4v) is 3.59. The quantitative estimate of drug-likeness (QED) is 0.252. The maximum atomic E-state index is 14.0. The minimum Gasteiger partial charge on any atom is -0.491 e. The summed E-state index contributed by atoms with van der Waals surface area (Å²) < 4.78 is 66.1. The van der Waals surface area contributed by atoms with Crippen LogP contribution in [0.2, 0.25) is 0 Å². The molecule has 0 saturated heterocycles. The third kappa shape index (κ3) is 6.99. The molecule has 8 nitrogen and oxygen atoms in total. The molecule has 12 heteroatoms. The van der Waals surface area contributed by atoms with Gasteiger partial charge in [0.05, 0.1) is 5.69 Å². The largest absolute Gasteiger partial charge is 0.491 e. The second kappa shape index (κ2) is 11.4. The number of hydrogen-bond acceptors (Lipinski definition) is 7. The molecule has 2 atom stereocenters. The Morgan fingerprint density at radius 3 is 2.21 bits per heavy atom. The van der Waals surface area contributed by atoms with E-state index in [-0.39, 0.29) is 23.8 Å². The Bertz CT molecular complexity index is 1450. The average molecular weight is 542 g/mol. The Hall–Kier alpha value is -4.71. The number of nitrogens with zero attached hydrogens (tertiary/aromatic N) is 2. The van der Waals surface area contributed by atoms with Crippen LogP contribution >= 0.6 is 0 Å². The molecule has 0 fully saturated rings. The molecule has 0 bridgehead atoms. The minimum atomic E-state index is -4.80. The van der Waals surface area contributed by atoms with Crippen molar-refractivity contribution in [2.24, 2.45) is 5.73 Å². The molecule has 3 aromatic carbocycles. The van der Waals surface area contributed by atoms with Gasteiger partial charge in [-0.2, -0.15) is 18.2 Å². The third-order valence-corrected chi connectivity index (χ3v) is 5.52. The monoisotopic (exact) mass is 542 g/mol. The number of rotatable bonds is 9. The Labute approximate surface area is 219 Å². The predicted molar refractivity (Wildman–Crippen MR) is 134 cm³/mol. The summed E-state index contributed by atoms with van der Waals surface area (Å²) in [6, 6.07) is 17.2. The van der Waals surface area contributed by atoms with Gasteiger partial charge in [-0.05, 0) is 47.5 Å². The molecule has 0 radical (unpaired) electrons. The summed E-state index contributed by atoms with van der Waals surface area (Å²) in [6.45, 7) is -0.255. The molecule has 1 heterocycles. The number of anilines is 1. The molecule has 4 rings (SSSR count). The predicted octanol–water partition coefficient (Wildman–Crippen LogP) is 5.01. The first-order valence-corrected chi connectivity index (χ1v) is 11.4. The number of carboxylic acids is 1. The molecule has 0 aliphatic rings. The van der Waals surface area contributed by atoms with Crippen LogP contribution in [0.1, 0.15) is 11.7 Å². The summed E-state index contributed by atoms with van der Waals surface area (Å²) in [5, 5.41) is 8.83. The van der Waals surface area contributed by atoms with Gasteiger partial charge in [0.2, 0.25) is 17.9 Å². The van der Waals surface area contributed by atoms with Crippen LogP contribution in [0.25, 0.3) is 22.4 Å². The lowest BCUT2D eigenvalue weighted by Crippen LogP contribution is -2.36. The van der Waals surface area contributed by atoms with E-state index in [0.717, 1.165) is 0 Å². The van der Waals surface area contributed by atoms with E-state index < -0.39 is 36.0 Å². The van der Waals surface area contributed by atoms with E-state index in [2.05, 4.69) is 9.97 Å². The summed E-state index contributed by atoms with van der Waals surface area (Å²) in [6.07, 6.45) is -7.16. The van der Waals surface area contributed by atoms with E-state index in [0.29, 0.717) is 22.4 Å². The van der Waals surface area contributed by atoms with Gasteiger partial charge < -0.3 is 26.0 Å². The summed E-state index contributed by atoms with van der Waals surface area (Å²) in [7, 11) is 0. The first kappa shape index (κ1) is 27.3. The van der Waals surface area contributed by atoms with Crippen LogP contribution in [-0.4, -0.2) is 39.9 Å². The first-order valence-electron chi connectivity index (χ1n) is 11.4. The lowest BCUT2D eigenvalue weighted by Gasteiger charge is -2.22. The molecule has 0 saturated carbocycles. The van der Waals surface area contributed by atoms with Crippen LogP contribution in [0.4, 0.5) is 23.5 Å². The normalized spacial score (nSPS) is 12.9. The zero-order valence-electron chi connectivity index (χ0n) is 20.1. The number of hydrogen-bond donors (Lipinski definition) is 3. The average Bonchev–Trinajstić information content (AvgIpc) is 2.90. The number of aromatic nitrogens is 2. The fraction of sp³-hybridized carbons (Fsp3) is 0.148. The van der Waals surface area contributed by atoms with Crippen LogP contribution in [0.3, 0.4) is 0 Å². The molecular formula is C27H22F4N4O4. The lowest BCUT2D eigenvalue weighted by atomic mass is 10.0. The van der Waals surface area contributed by atoms with E-state index in [1.165, 1.54) is 60.7 Å². The highest BCUT2D eigenvalue weighted by molar-refractivity contribution is 5.73. The second-order valence-corrected chi connectivity index (χ2v) is 8.40. The standard InChI is InChI=1S/C27H22F4N4O4/c28-19-3-1-2-18(12-19)15-4-6-17(7-5-15)24(27(29,30)31)39-23-13-22(34-26(33)35-23)16-8-10-20(11-9-16)38-14-21(32)25(36)37/h1-13,21,24H,14,32H2,(H,36,37)(H2,33,34,35)/t21-,24-/m0/s1. The number of aliphatic carboxylic acids is 1. The number of alkyl halides is 3. The summed E-state index contributed by atoms with van der Waals surface area (Å²) >= 11 is 0. The van der Waals surface area contributed by atoms with Gasteiger partial charge >= 0.3 is 12.1 Å². The highest BCUT2D eigenvalue weighted by Crippen LogP contribution is 2.38. The molecule has 0 amide bonds. The molecule has 202 valence electrons. The second-order valence-electron chi connectivity index (χ2n) is 8.40. The van der Waals surface area contributed by atoms with E-state index in [9.17, 15) is 22.4 Å². The van der Waals surface area contributed by atoms with Crippen LogP contribution < -0.4 is 20.9 Å². The Morgan fingerprint density at radius 1 is 0.923 bits per heavy atom. The molecule has 1 aromatic heterocycles. The molecule has 0 aliphatic heterocycles. The number of nitrogen functional groups attached to an aromatic ring is 1. The van der Waals surface area contributed by atoms with Crippen molar-refractivity contribution >= 4 is 11.9 Å². The van der Waals surface area contributed by atoms with E-state index >= 15 is 0 Å². The summed E-state index contributed by atoms with van der Waals surface area (Å²) in [5.41, 5.74) is 12.7. The van der Waals surface area contributed by atoms with Crippen molar-refractivity contribution in [2.75, 3.05) is 12.3 Å². The zero-order chi connectivity index (χ0) is 28.2. The van der Waals surface area contributed by atoms with Crippen molar-refractivity contribution in [1.29, 1.82) is 0 Å².